The van der Waals surface area contributed by atoms with Gasteiger partial charge in [0.2, 0.25) is 5.91 Å². The minimum atomic E-state index is 0.230. The number of hydrogen-bond donors (Lipinski definition) is 0. The van der Waals surface area contributed by atoms with E-state index in [1.54, 1.807) is 7.11 Å². The fraction of sp³-hybridized carbons (Fsp3) is 0.526. The molecule has 2 atom stereocenters. The van der Waals surface area contributed by atoms with Crippen LogP contribution in [0.2, 0.25) is 0 Å². The summed E-state index contributed by atoms with van der Waals surface area (Å²) in [7, 11) is 1.67. The number of benzene rings is 1. The number of nitrogens with zero attached hydrogens (tertiary/aromatic N) is 4. The first kappa shape index (κ1) is 16.3. The first-order chi connectivity index (χ1) is 12.2. The molecule has 0 radical (unpaired) electrons. The van der Waals surface area contributed by atoms with Gasteiger partial charge in [-0.15, -0.1) is 10.2 Å². The first-order valence-corrected chi connectivity index (χ1v) is 8.93. The van der Waals surface area contributed by atoms with Gasteiger partial charge < -0.3 is 14.2 Å². The fourth-order valence-corrected chi connectivity index (χ4v) is 4.20. The van der Waals surface area contributed by atoms with Crippen molar-refractivity contribution in [2.24, 2.45) is 0 Å². The van der Waals surface area contributed by atoms with Crippen LogP contribution in [-0.4, -0.2) is 44.8 Å². The Hall–Kier alpha value is -2.21. The van der Waals surface area contributed by atoms with E-state index in [0.717, 1.165) is 43.0 Å². The standard InChI is InChI=1S/C19H24N4O2/c1-13-5-3-4-6-14(13)9-19(24)23-15-7-8-16(23)11-22-17(10-15)20-21-18(22)12-25-2/h3-6,15-16H,7-12H2,1-2H3/t15-,16+/m0/s1. The summed E-state index contributed by atoms with van der Waals surface area (Å²) in [4.78, 5) is 15.2. The molecule has 1 amide bonds. The molecule has 0 saturated carbocycles. The largest absolute Gasteiger partial charge is 0.377 e. The Balaban J connectivity index is 1.56. The van der Waals surface area contributed by atoms with Crippen molar-refractivity contribution in [1.82, 2.24) is 19.7 Å². The second-order valence-corrected chi connectivity index (χ2v) is 7.07. The third kappa shape index (κ3) is 2.95. The number of hydrogen-bond acceptors (Lipinski definition) is 4. The molecule has 2 aliphatic heterocycles. The van der Waals surface area contributed by atoms with Crippen LogP contribution in [0.15, 0.2) is 24.3 Å². The molecule has 1 aromatic heterocycles. The highest BCUT2D eigenvalue weighted by Crippen LogP contribution is 2.32. The maximum Gasteiger partial charge on any atom is 0.227 e. The quantitative estimate of drug-likeness (QED) is 0.853. The summed E-state index contributed by atoms with van der Waals surface area (Å²) in [5.74, 6) is 2.07. The molecule has 2 aliphatic rings. The van der Waals surface area contributed by atoms with E-state index in [2.05, 4.69) is 38.7 Å². The molecule has 2 aromatic rings. The molecule has 2 bridgehead atoms. The Morgan fingerprint density at radius 2 is 2.04 bits per heavy atom. The van der Waals surface area contributed by atoms with Crippen LogP contribution in [-0.2, 0) is 35.5 Å². The summed E-state index contributed by atoms with van der Waals surface area (Å²) in [5.41, 5.74) is 2.30. The fourth-order valence-electron chi connectivity index (χ4n) is 4.20. The van der Waals surface area contributed by atoms with E-state index in [9.17, 15) is 4.79 Å². The highest BCUT2D eigenvalue weighted by molar-refractivity contribution is 5.80. The molecule has 25 heavy (non-hydrogen) atoms. The Labute approximate surface area is 147 Å². The molecule has 1 aromatic carbocycles. The van der Waals surface area contributed by atoms with Crippen molar-refractivity contribution in [3.63, 3.8) is 0 Å². The summed E-state index contributed by atoms with van der Waals surface area (Å²) < 4.78 is 7.39. The van der Waals surface area contributed by atoms with Crippen LogP contribution in [0, 0.1) is 6.92 Å². The summed E-state index contributed by atoms with van der Waals surface area (Å²) in [5, 5.41) is 8.60. The van der Waals surface area contributed by atoms with Crippen LogP contribution < -0.4 is 0 Å². The number of amides is 1. The van der Waals surface area contributed by atoms with E-state index in [0.29, 0.717) is 13.0 Å². The molecule has 0 unspecified atom stereocenters. The van der Waals surface area contributed by atoms with E-state index >= 15 is 0 Å². The maximum atomic E-state index is 13.1. The van der Waals surface area contributed by atoms with Crippen LogP contribution in [0.5, 0.6) is 0 Å². The lowest BCUT2D eigenvalue weighted by molar-refractivity contribution is -0.133. The predicted molar refractivity (Wildman–Crippen MR) is 93.0 cm³/mol. The molecule has 1 saturated heterocycles. The molecule has 1 fully saturated rings. The van der Waals surface area contributed by atoms with Crippen LogP contribution in [0.1, 0.15) is 35.6 Å². The van der Waals surface area contributed by atoms with Crippen molar-refractivity contribution < 1.29 is 9.53 Å². The number of aromatic nitrogens is 3. The lowest BCUT2D eigenvalue weighted by Crippen LogP contribution is -2.43. The van der Waals surface area contributed by atoms with E-state index < -0.39 is 0 Å². The van der Waals surface area contributed by atoms with Gasteiger partial charge in [0, 0.05) is 26.1 Å². The molecular weight excluding hydrogens is 316 g/mol. The average Bonchev–Trinajstić information content (AvgIpc) is 3.10. The third-order valence-corrected chi connectivity index (χ3v) is 5.50. The SMILES string of the molecule is COCc1nnc2n1C[C@H]1CC[C@@H](C2)N1C(=O)Cc1ccccc1C. The van der Waals surface area contributed by atoms with Gasteiger partial charge in [-0.1, -0.05) is 24.3 Å². The molecule has 0 spiro atoms. The zero-order valence-corrected chi connectivity index (χ0v) is 14.8. The molecular formula is C19H24N4O2. The van der Waals surface area contributed by atoms with Crippen LogP contribution >= 0.6 is 0 Å². The minimum Gasteiger partial charge on any atom is -0.377 e. The van der Waals surface area contributed by atoms with E-state index in [1.165, 1.54) is 5.56 Å². The number of carbonyl (C=O) groups is 1. The Kier molecular flexibility index (Phi) is 4.29. The number of ether oxygens (including phenoxy) is 1. The van der Waals surface area contributed by atoms with Gasteiger partial charge in [0.05, 0.1) is 12.5 Å². The average molecular weight is 340 g/mol. The summed E-state index contributed by atoms with van der Waals surface area (Å²) >= 11 is 0. The second-order valence-electron chi connectivity index (χ2n) is 7.07. The van der Waals surface area contributed by atoms with E-state index in [1.807, 2.05) is 12.1 Å². The number of methoxy groups -OCH3 is 1. The Morgan fingerprint density at radius 3 is 2.84 bits per heavy atom. The topological polar surface area (TPSA) is 60.3 Å². The number of carbonyl (C=O) groups excluding carboxylic acids is 1. The van der Waals surface area contributed by atoms with Gasteiger partial charge in [0.15, 0.2) is 5.82 Å². The van der Waals surface area contributed by atoms with E-state index in [-0.39, 0.29) is 18.0 Å². The highest BCUT2D eigenvalue weighted by atomic mass is 16.5. The molecule has 6 nitrogen and oxygen atoms in total. The lowest BCUT2D eigenvalue weighted by atomic mass is 10.0. The van der Waals surface area contributed by atoms with Crippen molar-refractivity contribution in [1.29, 1.82) is 0 Å². The zero-order valence-electron chi connectivity index (χ0n) is 14.8. The summed E-state index contributed by atoms with van der Waals surface area (Å²) in [6, 6.07) is 8.61. The second kappa shape index (κ2) is 6.59. The Bertz CT molecular complexity index is 785. The monoisotopic (exact) mass is 340 g/mol. The predicted octanol–water partition coefficient (Wildman–Crippen LogP) is 1.89. The van der Waals surface area contributed by atoms with Crippen LogP contribution in [0.4, 0.5) is 0 Å². The van der Waals surface area contributed by atoms with Gasteiger partial charge >= 0.3 is 0 Å². The van der Waals surface area contributed by atoms with Gasteiger partial charge in [-0.3, -0.25) is 4.79 Å². The highest BCUT2D eigenvalue weighted by Gasteiger charge is 2.40. The normalized spacial score (nSPS) is 21.9. The van der Waals surface area contributed by atoms with Crippen LogP contribution in [0.25, 0.3) is 0 Å². The molecule has 132 valence electrons. The van der Waals surface area contributed by atoms with Gasteiger partial charge in [0.25, 0.3) is 0 Å². The molecule has 4 rings (SSSR count). The molecule has 0 aliphatic carbocycles. The number of fused-ring (bicyclic) bond motifs is 3. The summed E-state index contributed by atoms with van der Waals surface area (Å²) in [6.45, 7) is 3.30. The van der Waals surface area contributed by atoms with Crippen molar-refractivity contribution in [3.05, 3.63) is 47.0 Å². The number of rotatable bonds is 4. The summed E-state index contributed by atoms with van der Waals surface area (Å²) in [6.07, 6.45) is 3.36. The first-order valence-electron chi connectivity index (χ1n) is 8.93. The maximum absolute atomic E-state index is 13.1. The molecule has 6 heteroatoms. The molecule has 3 heterocycles. The Morgan fingerprint density at radius 1 is 1.24 bits per heavy atom. The van der Waals surface area contributed by atoms with E-state index in [4.69, 9.17) is 4.74 Å². The number of aryl methyl sites for hydroxylation is 1. The van der Waals surface area contributed by atoms with Gasteiger partial charge in [-0.05, 0) is 30.9 Å². The van der Waals surface area contributed by atoms with Gasteiger partial charge in [-0.25, -0.2) is 0 Å². The smallest absolute Gasteiger partial charge is 0.227 e. The van der Waals surface area contributed by atoms with Gasteiger partial charge in [-0.2, -0.15) is 0 Å². The zero-order chi connectivity index (χ0) is 17.4. The van der Waals surface area contributed by atoms with Crippen molar-refractivity contribution >= 4 is 5.91 Å². The van der Waals surface area contributed by atoms with Crippen molar-refractivity contribution in [3.8, 4) is 0 Å². The third-order valence-electron chi connectivity index (χ3n) is 5.50. The lowest BCUT2D eigenvalue weighted by Gasteiger charge is -2.28. The molecule has 0 N–H and O–H groups in total. The van der Waals surface area contributed by atoms with Crippen molar-refractivity contribution in [2.75, 3.05) is 7.11 Å². The van der Waals surface area contributed by atoms with Crippen LogP contribution in [0.3, 0.4) is 0 Å². The van der Waals surface area contributed by atoms with Crippen molar-refractivity contribution in [2.45, 2.75) is 57.8 Å². The van der Waals surface area contributed by atoms with Gasteiger partial charge in [0.1, 0.15) is 12.4 Å². The minimum absolute atomic E-state index is 0.230.